The third-order valence-electron chi connectivity index (χ3n) is 4.12. The molecule has 1 fully saturated rings. The molecule has 1 unspecified atom stereocenters. The van der Waals surface area contributed by atoms with Crippen molar-refractivity contribution in [2.24, 2.45) is 0 Å². The summed E-state index contributed by atoms with van der Waals surface area (Å²) in [5.74, 6) is -1.80. The summed E-state index contributed by atoms with van der Waals surface area (Å²) < 4.78 is 29.7. The molecule has 0 bridgehead atoms. The largest absolute Gasteiger partial charge is 0.480 e. The smallest absolute Gasteiger partial charge is 0.328 e. The Balaban J connectivity index is 2.11. The number of carboxylic acid groups (broad SMARTS) is 1. The number of carbonyl (C=O) groups is 2. The molecule has 8 heteroatoms. The summed E-state index contributed by atoms with van der Waals surface area (Å²) >= 11 is 0. The monoisotopic (exact) mass is 355 g/mol. The number of carbonyl (C=O) groups excluding carboxylic acids is 1. The van der Waals surface area contributed by atoms with Crippen LogP contribution in [0.4, 0.5) is 0 Å². The van der Waals surface area contributed by atoms with E-state index < -0.39 is 27.8 Å². The number of aliphatic carboxylic acids is 1. The van der Waals surface area contributed by atoms with Gasteiger partial charge in [-0.1, -0.05) is 12.8 Å². The number of carboxylic acids is 1. The van der Waals surface area contributed by atoms with Crippen LogP contribution in [-0.4, -0.2) is 50.4 Å². The summed E-state index contributed by atoms with van der Waals surface area (Å²) in [6.07, 6.45) is 3.17. The molecular formula is C16H21NO6S. The van der Waals surface area contributed by atoms with Gasteiger partial charge in [0.05, 0.1) is 16.8 Å². The number of methoxy groups -OCH3 is 1. The van der Waals surface area contributed by atoms with Crippen LogP contribution in [0.2, 0.25) is 0 Å². The van der Waals surface area contributed by atoms with Gasteiger partial charge in [0.15, 0.2) is 15.9 Å². The zero-order chi connectivity index (χ0) is 17.7. The lowest BCUT2D eigenvalue weighted by atomic mass is 10.2. The summed E-state index contributed by atoms with van der Waals surface area (Å²) in [7, 11) is -2.03. The van der Waals surface area contributed by atoms with Crippen molar-refractivity contribution in [2.75, 3.05) is 13.7 Å². The van der Waals surface area contributed by atoms with Crippen molar-refractivity contribution in [3.05, 3.63) is 29.8 Å². The highest BCUT2D eigenvalue weighted by molar-refractivity contribution is 7.92. The van der Waals surface area contributed by atoms with Gasteiger partial charge in [0.25, 0.3) is 5.91 Å². The Hall–Kier alpha value is -1.93. The minimum atomic E-state index is -3.37. The molecule has 0 heterocycles. The lowest BCUT2D eigenvalue weighted by molar-refractivity contribution is -0.140. The van der Waals surface area contributed by atoms with Gasteiger partial charge < -0.3 is 15.2 Å². The van der Waals surface area contributed by atoms with Crippen molar-refractivity contribution in [2.45, 2.75) is 41.9 Å². The number of rotatable bonds is 7. The maximum Gasteiger partial charge on any atom is 0.328 e. The van der Waals surface area contributed by atoms with Gasteiger partial charge in [0.1, 0.15) is 0 Å². The fraction of sp³-hybridized carbons (Fsp3) is 0.500. The molecule has 2 rings (SSSR count). The quantitative estimate of drug-likeness (QED) is 0.761. The van der Waals surface area contributed by atoms with E-state index in [9.17, 15) is 18.0 Å². The van der Waals surface area contributed by atoms with E-state index in [0.29, 0.717) is 12.8 Å². The van der Waals surface area contributed by atoms with Gasteiger partial charge in [-0.2, -0.15) is 0 Å². The van der Waals surface area contributed by atoms with Crippen molar-refractivity contribution >= 4 is 21.7 Å². The average Bonchev–Trinajstić information content (AvgIpc) is 3.09. The lowest BCUT2D eigenvalue weighted by Crippen LogP contribution is -2.43. The minimum Gasteiger partial charge on any atom is -0.480 e. The molecular weight excluding hydrogens is 334 g/mol. The molecule has 1 aliphatic rings. The zero-order valence-corrected chi connectivity index (χ0v) is 14.2. The number of amides is 1. The first-order valence-corrected chi connectivity index (χ1v) is 9.27. The highest BCUT2D eigenvalue weighted by atomic mass is 32.2. The van der Waals surface area contributed by atoms with Crippen LogP contribution in [0.25, 0.3) is 0 Å². The van der Waals surface area contributed by atoms with Crippen molar-refractivity contribution in [3.63, 3.8) is 0 Å². The molecule has 0 saturated heterocycles. The predicted octanol–water partition coefficient (Wildman–Crippen LogP) is 1.23. The standard InChI is InChI=1S/C16H21NO6S/c1-23-10-14(16(19)20)17-15(18)11-6-8-13(9-7-11)24(21,22)12-4-2-3-5-12/h6-9,12,14H,2-5,10H2,1H3,(H,17,18)(H,19,20). The molecule has 1 aliphatic carbocycles. The van der Waals surface area contributed by atoms with Gasteiger partial charge in [-0.15, -0.1) is 0 Å². The average molecular weight is 355 g/mol. The number of sulfone groups is 1. The number of benzene rings is 1. The van der Waals surface area contributed by atoms with E-state index >= 15 is 0 Å². The van der Waals surface area contributed by atoms with E-state index in [4.69, 9.17) is 9.84 Å². The lowest BCUT2D eigenvalue weighted by Gasteiger charge is -2.14. The molecule has 1 amide bonds. The molecule has 1 saturated carbocycles. The molecule has 7 nitrogen and oxygen atoms in total. The van der Waals surface area contributed by atoms with Crippen LogP contribution in [0.15, 0.2) is 29.2 Å². The second-order valence-corrected chi connectivity index (χ2v) is 8.02. The van der Waals surface area contributed by atoms with Crippen molar-refractivity contribution in [1.29, 1.82) is 0 Å². The van der Waals surface area contributed by atoms with Crippen LogP contribution in [0, 0.1) is 0 Å². The maximum atomic E-state index is 12.5. The molecule has 1 atom stereocenters. The number of hydrogen-bond acceptors (Lipinski definition) is 5. The van der Waals surface area contributed by atoms with Gasteiger partial charge in [-0.25, -0.2) is 13.2 Å². The first-order chi connectivity index (χ1) is 11.4. The third-order valence-corrected chi connectivity index (χ3v) is 6.40. The Labute approximate surface area is 140 Å². The summed E-state index contributed by atoms with van der Waals surface area (Å²) in [4.78, 5) is 23.3. The molecule has 1 aromatic rings. The summed E-state index contributed by atoms with van der Waals surface area (Å²) in [6, 6.07) is 4.42. The van der Waals surface area contributed by atoms with Crippen molar-refractivity contribution in [3.8, 4) is 0 Å². The summed E-state index contributed by atoms with van der Waals surface area (Å²) in [6.45, 7) is -0.158. The normalized spacial score (nSPS) is 16.7. The van der Waals surface area contributed by atoms with Crippen LogP contribution in [0.5, 0.6) is 0 Å². The van der Waals surface area contributed by atoms with Gasteiger partial charge in [0, 0.05) is 12.7 Å². The fourth-order valence-corrected chi connectivity index (χ4v) is 4.62. The van der Waals surface area contributed by atoms with Crippen LogP contribution < -0.4 is 5.32 Å². The fourth-order valence-electron chi connectivity index (χ4n) is 2.77. The van der Waals surface area contributed by atoms with Gasteiger partial charge in [-0.05, 0) is 37.1 Å². The van der Waals surface area contributed by atoms with Crippen molar-refractivity contribution in [1.82, 2.24) is 5.32 Å². The number of ether oxygens (including phenoxy) is 1. The van der Waals surface area contributed by atoms with Gasteiger partial charge >= 0.3 is 5.97 Å². The Kier molecular flexibility index (Phi) is 5.95. The Morgan fingerprint density at radius 1 is 1.25 bits per heavy atom. The molecule has 132 valence electrons. The number of nitrogens with one attached hydrogen (secondary N) is 1. The Morgan fingerprint density at radius 3 is 2.33 bits per heavy atom. The molecule has 0 radical (unpaired) electrons. The molecule has 0 aliphatic heterocycles. The van der Waals surface area contributed by atoms with E-state index in [1.54, 1.807) is 0 Å². The number of hydrogen-bond donors (Lipinski definition) is 2. The van der Waals surface area contributed by atoms with E-state index in [0.717, 1.165) is 12.8 Å². The van der Waals surface area contributed by atoms with Crippen LogP contribution in [0.1, 0.15) is 36.0 Å². The van der Waals surface area contributed by atoms with Gasteiger partial charge in [0.2, 0.25) is 0 Å². The minimum absolute atomic E-state index is 0.158. The van der Waals surface area contributed by atoms with E-state index in [-0.39, 0.29) is 22.3 Å². The second-order valence-electron chi connectivity index (χ2n) is 5.80. The molecule has 0 spiro atoms. The topological polar surface area (TPSA) is 110 Å². The highest BCUT2D eigenvalue weighted by Crippen LogP contribution is 2.29. The zero-order valence-electron chi connectivity index (χ0n) is 13.4. The third kappa shape index (κ3) is 4.12. The second kappa shape index (κ2) is 7.76. The first-order valence-electron chi connectivity index (χ1n) is 7.73. The maximum absolute atomic E-state index is 12.5. The molecule has 24 heavy (non-hydrogen) atoms. The first kappa shape index (κ1) is 18.4. The predicted molar refractivity (Wildman–Crippen MR) is 86.6 cm³/mol. The molecule has 1 aromatic carbocycles. The van der Waals surface area contributed by atoms with E-state index in [1.807, 2.05) is 0 Å². The Bertz CT molecular complexity index is 692. The Morgan fingerprint density at radius 2 is 1.83 bits per heavy atom. The SMILES string of the molecule is COCC(NC(=O)c1ccc(S(=O)(=O)C2CCCC2)cc1)C(=O)O. The van der Waals surface area contributed by atoms with E-state index in [2.05, 4.69) is 5.32 Å². The summed E-state index contributed by atoms with van der Waals surface area (Å²) in [5.41, 5.74) is 0.197. The molecule has 0 aromatic heterocycles. The van der Waals surface area contributed by atoms with Crippen LogP contribution >= 0.6 is 0 Å². The van der Waals surface area contributed by atoms with E-state index in [1.165, 1.54) is 31.4 Å². The van der Waals surface area contributed by atoms with Gasteiger partial charge in [-0.3, -0.25) is 4.79 Å². The van der Waals surface area contributed by atoms with Crippen molar-refractivity contribution < 1.29 is 27.9 Å². The molecule has 2 N–H and O–H groups in total. The van der Waals surface area contributed by atoms with Crippen LogP contribution in [-0.2, 0) is 19.4 Å². The highest BCUT2D eigenvalue weighted by Gasteiger charge is 2.30. The summed E-state index contributed by atoms with van der Waals surface area (Å²) in [5, 5.41) is 11.0. The van der Waals surface area contributed by atoms with Crippen LogP contribution in [0.3, 0.4) is 0 Å².